The van der Waals surface area contributed by atoms with Crippen molar-refractivity contribution in [3.05, 3.63) is 70.1 Å². The number of hydrogen-bond acceptors (Lipinski definition) is 8. The minimum atomic E-state index is -0.799. The molecular weight excluding hydrogens is 625 g/mol. The maximum absolute atomic E-state index is 13.8. The van der Waals surface area contributed by atoms with Gasteiger partial charge in [0.05, 0.1) is 34.5 Å². The van der Waals surface area contributed by atoms with Crippen molar-refractivity contribution in [1.29, 1.82) is 0 Å². The summed E-state index contributed by atoms with van der Waals surface area (Å²) >= 11 is 6.00. The predicted molar refractivity (Wildman–Crippen MR) is 179 cm³/mol. The molecule has 10 nitrogen and oxygen atoms in total. The van der Waals surface area contributed by atoms with E-state index in [4.69, 9.17) is 16.3 Å². The van der Waals surface area contributed by atoms with Crippen LogP contribution >= 0.6 is 11.6 Å². The van der Waals surface area contributed by atoms with E-state index >= 15 is 0 Å². The molecule has 4 N–H and O–H groups in total. The van der Waals surface area contributed by atoms with Gasteiger partial charge in [0.2, 0.25) is 5.91 Å². The number of nitrogens with zero attached hydrogens (tertiary/aromatic N) is 2. The van der Waals surface area contributed by atoms with Crippen molar-refractivity contribution < 1.29 is 28.6 Å². The number of nitrogens with one attached hydrogen (secondary N) is 3. The van der Waals surface area contributed by atoms with E-state index in [1.807, 2.05) is 6.92 Å². The Morgan fingerprint density at radius 2 is 1.91 bits per heavy atom. The lowest BCUT2D eigenvalue weighted by Gasteiger charge is -2.40. The van der Waals surface area contributed by atoms with Crippen molar-refractivity contribution in [3.8, 4) is 0 Å². The van der Waals surface area contributed by atoms with Crippen LogP contribution in [0.1, 0.15) is 51.5 Å². The molecule has 4 aliphatic heterocycles. The number of allylic oxidation sites excluding steroid dienone is 1. The van der Waals surface area contributed by atoms with Gasteiger partial charge < -0.3 is 35.6 Å². The number of fused-ring (bicyclic) bond motifs is 1. The third-order valence-corrected chi connectivity index (χ3v) is 9.94. The van der Waals surface area contributed by atoms with Gasteiger partial charge in [0.15, 0.2) is 0 Å². The average Bonchev–Trinajstić information content (AvgIpc) is 3.73. The Morgan fingerprint density at radius 1 is 1.17 bits per heavy atom. The summed E-state index contributed by atoms with van der Waals surface area (Å²) in [6.07, 6.45) is 5.09. The fourth-order valence-electron chi connectivity index (χ4n) is 7.13. The highest BCUT2D eigenvalue weighted by atomic mass is 35.5. The number of β-amino-alcohol motifs (C(OH)–C–C–N with tert-alkyl or cyclic N) is 1. The lowest BCUT2D eigenvalue weighted by Crippen LogP contribution is -2.52. The van der Waals surface area contributed by atoms with E-state index < -0.39 is 29.3 Å². The Bertz CT molecular complexity index is 1630. The van der Waals surface area contributed by atoms with E-state index in [0.717, 1.165) is 25.9 Å². The first-order valence-corrected chi connectivity index (χ1v) is 16.7. The summed E-state index contributed by atoms with van der Waals surface area (Å²) in [6.45, 7) is 7.30. The molecule has 250 valence electrons. The Balaban J connectivity index is 1.21. The van der Waals surface area contributed by atoms with Gasteiger partial charge in [-0.25, -0.2) is 4.39 Å². The molecule has 6 rings (SSSR count). The number of likely N-dealkylation sites (tertiary alicyclic amines) is 2. The van der Waals surface area contributed by atoms with Crippen LogP contribution in [0.25, 0.3) is 5.57 Å². The van der Waals surface area contributed by atoms with Crippen molar-refractivity contribution >= 4 is 52.0 Å². The van der Waals surface area contributed by atoms with Crippen LogP contribution in [0.5, 0.6) is 0 Å². The van der Waals surface area contributed by atoms with Gasteiger partial charge in [0, 0.05) is 48.7 Å². The zero-order valence-corrected chi connectivity index (χ0v) is 27.5. The monoisotopic (exact) mass is 665 g/mol. The fraction of sp³-hybridized carbons (Fsp3) is 0.457. The molecule has 0 bridgehead atoms. The lowest BCUT2D eigenvalue weighted by molar-refractivity contribution is -0.147. The molecule has 2 saturated heterocycles. The standard InChI is InChI=1S/C35H41ClFN5O5/c1-3-47-34(45)31-21(2)28(39-29(31)19-30(43)42-15-11-35(46,12-16-42)20-41-13-4-5-14-41)18-23-32-26(7-6-8-27(32)40-33(23)44)38-22-9-10-25(37)24(36)17-22/h6-10,17-18,29,31,38-39,46H,3-5,11-16,19-20H2,1-2H3,(H,40,44)/b23-18-. The molecular formula is C35H41ClFN5O5. The summed E-state index contributed by atoms with van der Waals surface area (Å²) in [5.41, 5.74) is 3.16. The number of ether oxygens (including phenoxy) is 1. The Labute approximate surface area is 279 Å². The quantitative estimate of drug-likeness (QED) is 0.222. The summed E-state index contributed by atoms with van der Waals surface area (Å²) in [5.74, 6) is -2.12. The molecule has 0 radical (unpaired) electrons. The van der Waals surface area contributed by atoms with Gasteiger partial charge in [0.1, 0.15) is 11.7 Å². The highest BCUT2D eigenvalue weighted by Crippen LogP contribution is 2.41. The summed E-state index contributed by atoms with van der Waals surface area (Å²) in [4.78, 5) is 44.1. The second kappa shape index (κ2) is 13.7. The van der Waals surface area contributed by atoms with Gasteiger partial charge in [-0.05, 0) is 94.6 Å². The number of amides is 2. The van der Waals surface area contributed by atoms with E-state index in [-0.39, 0.29) is 29.9 Å². The molecule has 0 aromatic heterocycles. The van der Waals surface area contributed by atoms with Gasteiger partial charge in [-0.15, -0.1) is 0 Å². The summed E-state index contributed by atoms with van der Waals surface area (Å²) < 4.78 is 19.2. The van der Waals surface area contributed by atoms with Crippen molar-refractivity contribution in [2.24, 2.45) is 5.92 Å². The second-order valence-electron chi connectivity index (χ2n) is 12.9. The molecule has 0 saturated carbocycles. The van der Waals surface area contributed by atoms with Crippen LogP contribution in [-0.4, -0.2) is 83.7 Å². The van der Waals surface area contributed by atoms with Crippen LogP contribution in [0.3, 0.4) is 0 Å². The van der Waals surface area contributed by atoms with Crippen LogP contribution in [-0.2, 0) is 19.1 Å². The number of benzene rings is 2. The maximum atomic E-state index is 13.8. The highest BCUT2D eigenvalue weighted by molar-refractivity contribution is 6.33. The van der Waals surface area contributed by atoms with Gasteiger partial charge in [-0.1, -0.05) is 17.7 Å². The first-order valence-electron chi connectivity index (χ1n) is 16.3. The van der Waals surface area contributed by atoms with E-state index in [0.29, 0.717) is 71.9 Å². The molecule has 2 unspecified atom stereocenters. The number of carbonyl (C=O) groups excluding carboxylic acids is 3. The zero-order chi connectivity index (χ0) is 33.3. The molecule has 12 heteroatoms. The number of piperidine rings is 1. The van der Waals surface area contributed by atoms with Crippen molar-refractivity contribution in [1.82, 2.24) is 15.1 Å². The molecule has 2 fully saturated rings. The van der Waals surface area contributed by atoms with Crippen molar-refractivity contribution in [2.75, 3.05) is 50.0 Å². The predicted octanol–water partition coefficient (Wildman–Crippen LogP) is 4.82. The Morgan fingerprint density at radius 3 is 2.62 bits per heavy atom. The number of anilines is 3. The lowest BCUT2D eigenvalue weighted by atomic mass is 9.89. The van der Waals surface area contributed by atoms with E-state index in [2.05, 4.69) is 20.9 Å². The molecule has 0 aliphatic carbocycles. The van der Waals surface area contributed by atoms with Crippen LogP contribution in [0, 0.1) is 11.7 Å². The zero-order valence-electron chi connectivity index (χ0n) is 26.7. The number of halogens is 2. The Hall–Kier alpha value is -3.93. The van der Waals surface area contributed by atoms with Crippen LogP contribution < -0.4 is 16.0 Å². The molecule has 2 aromatic carbocycles. The number of hydrogen-bond donors (Lipinski definition) is 4. The topological polar surface area (TPSA) is 123 Å². The number of aliphatic hydroxyl groups is 1. The summed E-state index contributed by atoms with van der Waals surface area (Å²) in [6, 6.07) is 9.10. The van der Waals surface area contributed by atoms with Crippen molar-refractivity contribution in [3.63, 3.8) is 0 Å². The highest BCUT2D eigenvalue weighted by Gasteiger charge is 2.42. The van der Waals surface area contributed by atoms with Crippen LogP contribution in [0.2, 0.25) is 5.02 Å². The van der Waals surface area contributed by atoms with E-state index in [9.17, 15) is 23.9 Å². The molecule has 2 atom stereocenters. The first-order chi connectivity index (χ1) is 22.5. The fourth-order valence-corrected chi connectivity index (χ4v) is 7.31. The molecule has 0 spiro atoms. The van der Waals surface area contributed by atoms with Gasteiger partial charge in [-0.3, -0.25) is 14.4 Å². The maximum Gasteiger partial charge on any atom is 0.315 e. The summed E-state index contributed by atoms with van der Waals surface area (Å²) in [5, 5.41) is 20.6. The summed E-state index contributed by atoms with van der Waals surface area (Å²) in [7, 11) is 0. The number of esters is 1. The van der Waals surface area contributed by atoms with Gasteiger partial charge in [-0.2, -0.15) is 0 Å². The molecule has 4 heterocycles. The number of rotatable bonds is 9. The third-order valence-electron chi connectivity index (χ3n) is 9.65. The molecule has 2 amide bonds. The minimum Gasteiger partial charge on any atom is -0.465 e. The molecule has 2 aromatic rings. The molecule has 4 aliphatic rings. The second-order valence-corrected chi connectivity index (χ2v) is 13.3. The largest absolute Gasteiger partial charge is 0.465 e. The van der Waals surface area contributed by atoms with E-state index in [1.54, 1.807) is 42.2 Å². The smallest absolute Gasteiger partial charge is 0.315 e. The minimum absolute atomic E-state index is 0.0311. The third kappa shape index (κ3) is 7.02. The van der Waals surface area contributed by atoms with E-state index in [1.165, 1.54) is 12.1 Å². The normalized spacial score (nSPS) is 23.1. The molecule has 47 heavy (non-hydrogen) atoms. The van der Waals surface area contributed by atoms with Crippen LogP contribution in [0.15, 0.2) is 53.7 Å². The number of carbonyl (C=O) groups is 3. The van der Waals surface area contributed by atoms with Crippen LogP contribution in [0.4, 0.5) is 21.5 Å². The van der Waals surface area contributed by atoms with Gasteiger partial charge >= 0.3 is 5.97 Å². The first kappa shape index (κ1) is 33.0. The van der Waals surface area contributed by atoms with Crippen molar-refractivity contribution in [2.45, 2.75) is 57.6 Å². The Kier molecular flexibility index (Phi) is 9.59. The SMILES string of the molecule is CCOC(=O)C1C(C)=C(/C=C2\C(=O)Nc3cccc(Nc4ccc(F)c(Cl)c4)c32)NC1CC(=O)N1CCC(O)(CN2CCCC2)CC1. The average molecular weight is 666 g/mol. The van der Waals surface area contributed by atoms with Gasteiger partial charge in [0.25, 0.3) is 5.91 Å².